The van der Waals surface area contributed by atoms with E-state index in [1.165, 1.54) is 0 Å². The molecule has 4 heteroatoms. The van der Waals surface area contributed by atoms with E-state index in [4.69, 9.17) is 10.5 Å². The summed E-state index contributed by atoms with van der Waals surface area (Å²) in [5.41, 5.74) is 5.33. The molecule has 1 rings (SSSR count). The number of aromatic nitrogens is 2. The van der Waals surface area contributed by atoms with Gasteiger partial charge in [-0.2, -0.15) is 0 Å². The van der Waals surface area contributed by atoms with Gasteiger partial charge in [-0.25, -0.2) is 9.97 Å². The van der Waals surface area contributed by atoms with Gasteiger partial charge >= 0.3 is 0 Å². The highest BCUT2D eigenvalue weighted by Gasteiger charge is 1.95. The Morgan fingerprint density at radius 2 is 2.08 bits per heavy atom. The lowest BCUT2D eigenvalue weighted by atomic mass is 10.4. The standard InChI is InChI=1S/C9H15N3O/c1-2-9-11-6-8(7-12-9)13-5-3-4-10/h6-7H,2-5,10H2,1H3. The summed E-state index contributed by atoms with van der Waals surface area (Å²) in [5.74, 6) is 1.55. The largest absolute Gasteiger partial charge is 0.490 e. The summed E-state index contributed by atoms with van der Waals surface area (Å²) in [5, 5.41) is 0. The van der Waals surface area contributed by atoms with Crippen LogP contribution in [0.25, 0.3) is 0 Å². The Morgan fingerprint density at radius 1 is 1.38 bits per heavy atom. The van der Waals surface area contributed by atoms with Gasteiger partial charge in [-0.05, 0) is 13.0 Å². The Labute approximate surface area is 78.1 Å². The first-order valence-corrected chi connectivity index (χ1v) is 4.50. The second kappa shape index (κ2) is 5.48. The molecule has 0 bridgehead atoms. The summed E-state index contributed by atoms with van der Waals surface area (Å²) >= 11 is 0. The third kappa shape index (κ3) is 3.38. The van der Waals surface area contributed by atoms with Crippen LogP contribution in [0, 0.1) is 0 Å². The zero-order valence-corrected chi connectivity index (χ0v) is 7.86. The van der Waals surface area contributed by atoms with Gasteiger partial charge in [0, 0.05) is 6.42 Å². The van der Waals surface area contributed by atoms with Crippen LogP contribution in [-0.4, -0.2) is 23.1 Å². The van der Waals surface area contributed by atoms with Crippen LogP contribution in [0.1, 0.15) is 19.2 Å². The number of aryl methyl sites for hydroxylation is 1. The fourth-order valence-corrected chi connectivity index (χ4v) is 0.873. The van der Waals surface area contributed by atoms with E-state index in [-0.39, 0.29) is 0 Å². The molecule has 1 aromatic rings. The monoisotopic (exact) mass is 181 g/mol. The molecule has 0 aliphatic rings. The number of hydrogen-bond donors (Lipinski definition) is 1. The van der Waals surface area contributed by atoms with Crippen molar-refractivity contribution in [3.63, 3.8) is 0 Å². The first-order chi connectivity index (χ1) is 6.36. The minimum Gasteiger partial charge on any atom is -0.490 e. The Morgan fingerprint density at radius 3 is 2.62 bits per heavy atom. The summed E-state index contributed by atoms with van der Waals surface area (Å²) in [6.45, 7) is 3.30. The van der Waals surface area contributed by atoms with Gasteiger partial charge in [0.1, 0.15) is 5.82 Å². The van der Waals surface area contributed by atoms with Crippen LogP contribution in [-0.2, 0) is 6.42 Å². The summed E-state index contributed by atoms with van der Waals surface area (Å²) < 4.78 is 5.34. The van der Waals surface area contributed by atoms with Crippen LogP contribution < -0.4 is 10.5 Å². The van der Waals surface area contributed by atoms with Crippen molar-refractivity contribution < 1.29 is 4.74 Å². The van der Waals surface area contributed by atoms with Gasteiger partial charge < -0.3 is 10.5 Å². The third-order valence-electron chi connectivity index (χ3n) is 1.62. The van der Waals surface area contributed by atoms with Crippen molar-refractivity contribution in [3.8, 4) is 5.75 Å². The third-order valence-corrected chi connectivity index (χ3v) is 1.62. The molecule has 72 valence electrons. The number of hydrogen-bond acceptors (Lipinski definition) is 4. The number of nitrogens with two attached hydrogens (primary N) is 1. The second-order valence-corrected chi connectivity index (χ2v) is 2.68. The number of nitrogens with zero attached hydrogens (tertiary/aromatic N) is 2. The summed E-state index contributed by atoms with van der Waals surface area (Å²) in [6, 6.07) is 0. The van der Waals surface area contributed by atoms with E-state index in [0.717, 1.165) is 18.7 Å². The van der Waals surface area contributed by atoms with Crippen molar-refractivity contribution in [1.29, 1.82) is 0 Å². The highest BCUT2D eigenvalue weighted by Crippen LogP contribution is 2.06. The van der Waals surface area contributed by atoms with Crippen LogP contribution >= 0.6 is 0 Å². The Bertz CT molecular complexity index is 235. The molecular formula is C9H15N3O. The van der Waals surface area contributed by atoms with Crippen molar-refractivity contribution in [3.05, 3.63) is 18.2 Å². The van der Waals surface area contributed by atoms with Gasteiger partial charge in [0.15, 0.2) is 5.75 Å². The predicted molar refractivity (Wildman–Crippen MR) is 50.6 cm³/mol. The molecular weight excluding hydrogens is 166 g/mol. The molecule has 0 fully saturated rings. The maximum absolute atomic E-state index is 5.34. The SMILES string of the molecule is CCc1ncc(OCCCN)cn1. The lowest BCUT2D eigenvalue weighted by Crippen LogP contribution is -2.06. The topological polar surface area (TPSA) is 61.0 Å². The van der Waals surface area contributed by atoms with Gasteiger partial charge in [0.2, 0.25) is 0 Å². The van der Waals surface area contributed by atoms with Crippen LogP contribution in [0.15, 0.2) is 12.4 Å². The molecule has 0 unspecified atom stereocenters. The Kier molecular flexibility index (Phi) is 4.18. The quantitative estimate of drug-likeness (QED) is 0.681. The average molecular weight is 181 g/mol. The molecule has 0 aliphatic carbocycles. The molecule has 0 spiro atoms. The van der Waals surface area contributed by atoms with E-state index in [1.54, 1.807) is 12.4 Å². The van der Waals surface area contributed by atoms with Crippen molar-refractivity contribution in [2.24, 2.45) is 5.73 Å². The minimum atomic E-state index is 0.630. The lowest BCUT2D eigenvalue weighted by molar-refractivity contribution is 0.310. The zero-order valence-electron chi connectivity index (χ0n) is 7.86. The van der Waals surface area contributed by atoms with Gasteiger partial charge in [0.05, 0.1) is 19.0 Å². The molecule has 0 atom stereocenters. The van der Waals surface area contributed by atoms with Crippen LogP contribution in [0.3, 0.4) is 0 Å². The Hall–Kier alpha value is -1.16. The molecule has 2 N–H and O–H groups in total. The minimum absolute atomic E-state index is 0.630. The number of rotatable bonds is 5. The van der Waals surface area contributed by atoms with Crippen molar-refractivity contribution in [2.75, 3.05) is 13.2 Å². The molecule has 4 nitrogen and oxygen atoms in total. The lowest BCUT2D eigenvalue weighted by Gasteiger charge is -2.03. The molecule has 0 saturated heterocycles. The zero-order chi connectivity index (χ0) is 9.52. The normalized spacial score (nSPS) is 10.0. The van der Waals surface area contributed by atoms with Crippen LogP contribution in [0.4, 0.5) is 0 Å². The van der Waals surface area contributed by atoms with Crippen LogP contribution in [0.5, 0.6) is 5.75 Å². The molecule has 0 saturated carbocycles. The summed E-state index contributed by atoms with van der Waals surface area (Å²) in [6.07, 6.45) is 5.10. The van der Waals surface area contributed by atoms with Gasteiger partial charge in [-0.3, -0.25) is 0 Å². The van der Waals surface area contributed by atoms with E-state index in [2.05, 4.69) is 9.97 Å². The Balaban J connectivity index is 2.40. The first-order valence-electron chi connectivity index (χ1n) is 4.50. The van der Waals surface area contributed by atoms with Crippen molar-refractivity contribution in [1.82, 2.24) is 9.97 Å². The smallest absolute Gasteiger partial charge is 0.155 e. The van der Waals surface area contributed by atoms with E-state index >= 15 is 0 Å². The van der Waals surface area contributed by atoms with E-state index < -0.39 is 0 Å². The van der Waals surface area contributed by atoms with Crippen LogP contribution in [0.2, 0.25) is 0 Å². The maximum atomic E-state index is 5.34. The molecule has 1 heterocycles. The maximum Gasteiger partial charge on any atom is 0.155 e. The molecule has 1 aromatic heterocycles. The predicted octanol–water partition coefficient (Wildman–Crippen LogP) is 0.767. The summed E-state index contributed by atoms with van der Waals surface area (Å²) in [4.78, 5) is 8.22. The highest BCUT2D eigenvalue weighted by molar-refractivity contribution is 5.12. The average Bonchev–Trinajstić information content (AvgIpc) is 2.19. The molecule has 0 aromatic carbocycles. The van der Waals surface area contributed by atoms with Crippen molar-refractivity contribution in [2.45, 2.75) is 19.8 Å². The molecule has 0 aliphatic heterocycles. The molecule has 13 heavy (non-hydrogen) atoms. The van der Waals surface area contributed by atoms with Gasteiger partial charge in [0.25, 0.3) is 0 Å². The fourth-order valence-electron chi connectivity index (χ4n) is 0.873. The first kappa shape index (κ1) is 9.92. The molecule has 0 radical (unpaired) electrons. The van der Waals surface area contributed by atoms with Crippen molar-refractivity contribution >= 4 is 0 Å². The highest BCUT2D eigenvalue weighted by atomic mass is 16.5. The van der Waals surface area contributed by atoms with E-state index in [9.17, 15) is 0 Å². The molecule has 0 amide bonds. The van der Waals surface area contributed by atoms with Gasteiger partial charge in [-0.15, -0.1) is 0 Å². The number of ether oxygens (including phenoxy) is 1. The second-order valence-electron chi connectivity index (χ2n) is 2.68. The van der Waals surface area contributed by atoms with Gasteiger partial charge in [-0.1, -0.05) is 6.92 Å². The van der Waals surface area contributed by atoms with E-state index in [1.807, 2.05) is 6.92 Å². The van der Waals surface area contributed by atoms with E-state index in [0.29, 0.717) is 18.9 Å². The summed E-state index contributed by atoms with van der Waals surface area (Å²) in [7, 11) is 0. The fraction of sp³-hybridized carbons (Fsp3) is 0.556.